The van der Waals surface area contributed by atoms with Crippen LogP contribution in [0, 0.1) is 6.92 Å². The van der Waals surface area contributed by atoms with Crippen molar-refractivity contribution < 1.29 is 13.2 Å². The summed E-state index contributed by atoms with van der Waals surface area (Å²) in [5, 5.41) is 3.33. The number of carbonyl (C=O) groups is 1. The highest BCUT2D eigenvalue weighted by Crippen LogP contribution is 2.26. The van der Waals surface area contributed by atoms with E-state index in [4.69, 9.17) is 11.6 Å². The molecule has 0 radical (unpaired) electrons. The fourth-order valence-electron chi connectivity index (χ4n) is 3.90. The first-order valence-corrected chi connectivity index (χ1v) is 12.7. The van der Waals surface area contributed by atoms with Gasteiger partial charge in [0.1, 0.15) is 6.04 Å². The molecule has 168 valence electrons. The first-order chi connectivity index (χ1) is 14.6. The Morgan fingerprint density at radius 3 is 2.48 bits per heavy atom. The van der Waals surface area contributed by atoms with Gasteiger partial charge in [0.25, 0.3) is 0 Å². The summed E-state index contributed by atoms with van der Waals surface area (Å²) in [6.07, 6.45) is 3.58. The molecule has 1 N–H and O–H groups in total. The molecule has 0 aliphatic carbocycles. The normalized spacial score (nSPS) is 15.6. The third-order valence-corrected chi connectivity index (χ3v) is 7.21. The number of hydrogen-bond donors (Lipinski definition) is 1. The van der Waals surface area contributed by atoms with Gasteiger partial charge >= 0.3 is 0 Å². The number of sulfonamides is 1. The van der Waals surface area contributed by atoms with E-state index in [9.17, 15) is 13.2 Å². The summed E-state index contributed by atoms with van der Waals surface area (Å²) in [5.74, 6) is -0.368. The third kappa shape index (κ3) is 6.21. The van der Waals surface area contributed by atoms with Gasteiger partial charge in [-0.2, -0.15) is 0 Å². The van der Waals surface area contributed by atoms with Gasteiger partial charge in [0.2, 0.25) is 15.9 Å². The predicted octanol–water partition coefficient (Wildman–Crippen LogP) is 3.72. The van der Waals surface area contributed by atoms with Crippen LogP contribution in [-0.2, 0) is 27.9 Å². The zero-order valence-corrected chi connectivity index (χ0v) is 19.8. The molecule has 0 saturated carbocycles. The van der Waals surface area contributed by atoms with E-state index in [-0.39, 0.29) is 5.91 Å². The second kappa shape index (κ2) is 10.0. The second-order valence-corrected chi connectivity index (χ2v) is 10.5. The Morgan fingerprint density at radius 2 is 1.84 bits per heavy atom. The number of likely N-dealkylation sites (tertiary alicyclic amines) is 1. The van der Waals surface area contributed by atoms with Crippen LogP contribution < -0.4 is 9.62 Å². The Morgan fingerprint density at radius 1 is 1.16 bits per heavy atom. The van der Waals surface area contributed by atoms with E-state index in [0.717, 1.165) is 41.3 Å². The van der Waals surface area contributed by atoms with Crippen LogP contribution in [0.5, 0.6) is 0 Å². The Hall–Kier alpha value is -2.09. The van der Waals surface area contributed by atoms with Crippen molar-refractivity contribution in [3.63, 3.8) is 0 Å². The minimum Gasteiger partial charge on any atom is -0.350 e. The van der Waals surface area contributed by atoms with Gasteiger partial charge in [0.05, 0.1) is 11.9 Å². The summed E-state index contributed by atoms with van der Waals surface area (Å²) in [7, 11) is -3.69. The number of nitrogens with zero attached hydrogens (tertiary/aromatic N) is 2. The molecular formula is C23H30ClN3O3S. The standard InChI is InChI=1S/C23H30ClN3O3S/c1-17-9-10-21(14-22(17)24)27(31(3,29)30)18(2)23(28)25-15-19-7-6-8-20(13-19)16-26-11-4-5-12-26/h6-10,13-14,18H,4-5,11-12,15-16H2,1-3H3,(H,25,28). The molecule has 0 spiro atoms. The number of benzene rings is 2. The van der Waals surface area contributed by atoms with Gasteiger partial charge in [-0.3, -0.25) is 14.0 Å². The maximum atomic E-state index is 12.8. The number of aryl methyl sites for hydroxylation is 1. The molecule has 1 aliphatic rings. The van der Waals surface area contributed by atoms with Crippen molar-refractivity contribution in [2.45, 2.75) is 45.8 Å². The van der Waals surface area contributed by atoms with Crippen molar-refractivity contribution >= 4 is 33.2 Å². The van der Waals surface area contributed by atoms with E-state index >= 15 is 0 Å². The van der Waals surface area contributed by atoms with Crippen LogP contribution in [0.1, 0.15) is 36.5 Å². The number of hydrogen-bond acceptors (Lipinski definition) is 4. The quantitative estimate of drug-likeness (QED) is 0.647. The van der Waals surface area contributed by atoms with Crippen molar-refractivity contribution in [3.8, 4) is 0 Å². The summed E-state index contributed by atoms with van der Waals surface area (Å²) in [6, 6.07) is 12.2. The SMILES string of the molecule is Cc1ccc(N(C(C)C(=O)NCc2cccc(CN3CCCC3)c2)S(C)(=O)=O)cc1Cl. The molecule has 8 heteroatoms. The molecule has 0 aromatic heterocycles. The molecule has 1 heterocycles. The van der Waals surface area contributed by atoms with Gasteiger partial charge in [-0.1, -0.05) is 41.9 Å². The molecule has 3 rings (SSSR count). The summed E-state index contributed by atoms with van der Waals surface area (Å²) in [5.41, 5.74) is 3.41. The number of halogens is 1. The molecule has 2 aromatic rings. The van der Waals surface area contributed by atoms with Crippen LogP contribution in [0.3, 0.4) is 0 Å². The Kier molecular flexibility index (Phi) is 7.62. The lowest BCUT2D eigenvalue weighted by Crippen LogP contribution is -2.47. The van der Waals surface area contributed by atoms with Crippen LogP contribution in [0.25, 0.3) is 0 Å². The highest BCUT2D eigenvalue weighted by molar-refractivity contribution is 7.92. The van der Waals surface area contributed by atoms with Gasteiger partial charge in [-0.25, -0.2) is 8.42 Å². The molecule has 1 fully saturated rings. The van der Waals surface area contributed by atoms with Crippen LogP contribution in [-0.4, -0.2) is 44.6 Å². The monoisotopic (exact) mass is 463 g/mol. The molecule has 1 atom stereocenters. The number of amides is 1. The average Bonchev–Trinajstić information content (AvgIpc) is 3.21. The molecule has 0 bridgehead atoms. The topological polar surface area (TPSA) is 69.7 Å². The Labute approximate surface area is 190 Å². The van der Waals surface area contributed by atoms with Crippen molar-refractivity contribution in [2.75, 3.05) is 23.7 Å². The minimum atomic E-state index is -3.69. The first kappa shape index (κ1) is 23.6. The highest BCUT2D eigenvalue weighted by Gasteiger charge is 2.29. The van der Waals surface area contributed by atoms with E-state index in [1.807, 2.05) is 19.1 Å². The summed E-state index contributed by atoms with van der Waals surface area (Å²) in [6.45, 7) is 6.92. The summed E-state index contributed by atoms with van der Waals surface area (Å²) >= 11 is 6.18. The van der Waals surface area contributed by atoms with Crippen LogP contribution >= 0.6 is 11.6 Å². The van der Waals surface area contributed by atoms with Crippen LogP contribution in [0.4, 0.5) is 5.69 Å². The van der Waals surface area contributed by atoms with E-state index in [2.05, 4.69) is 22.3 Å². The number of nitrogens with one attached hydrogen (secondary N) is 1. The lowest BCUT2D eigenvalue weighted by molar-refractivity contribution is -0.122. The maximum Gasteiger partial charge on any atom is 0.243 e. The zero-order chi connectivity index (χ0) is 22.6. The van der Waals surface area contributed by atoms with Crippen molar-refractivity contribution in [1.82, 2.24) is 10.2 Å². The van der Waals surface area contributed by atoms with E-state index in [1.165, 1.54) is 18.4 Å². The van der Waals surface area contributed by atoms with Gasteiger partial charge in [0, 0.05) is 18.1 Å². The lowest BCUT2D eigenvalue weighted by Gasteiger charge is -2.28. The summed E-state index contributed by atoms with van der Waals surface area (Å²) in [4.78, 5) is 15.3. The molecule has 2 aromatic carbocycles. The van der Waals surface area contributed by atoms with Gasteiger partial charge in [-0.15, -0.1) is 0 Å². The Balaban J connectivity index is 1.68. The fraction of sp³-hybridized carbons (Fsp3) is 0.435. The molecular weight excluding hydrogens is 434 g/mol. The van der Waals surface area contributed by atoms with Crippen molar-refractivity contribution in [1.29, 1.82) is 0 Å². The molecule has 31 heavy (non-hydrogen) atoms. The summed E-state index contributed by atoms with van der Waals surface area (Å²) < 4.78 is 26.0. The second-order valence-electron chi connectivity index (χ2n) is 8.19. The van der Waals surface area contributed by atoms with Gasteiger partial charge in [-0.05, 0) is 68.6 Å². The van der Waals surface area contributed by atoms with Crippen LogP contribution in [0.2, 0.25) is 5.02 Å². The number of anilines is 1. The minimum absolute atomic E-state index is 0.337. The molecule has 1 unspecified atom stereocenters. The molecule has 1 aliphatic heterocycles. The Bertz CT molecular complexity index is 1040. The fourth-order valence-corrected chi connectivity index (χ4v) is 5.24. The zero-order valence-electron chi connectivity index (χ0n) is 18.3. The highest BCUT2D eigenvalue weighted by atomic mass is 35.5. The van der Waals surface area contributed by atoms with Crippen molar-refractivity contribution in [3.05, 3.63) is 64.2 Å². The van der Waals surface area contributed by atoms with Gasteiger partial charge in [0.15, 0.2) is 0 Å². The first-order valence-electron chi connectivity index (χ1n) is 10.5. The van der Waals surface area contributed by atoms with Gasteiger partial charge < -0.3 is 5.32 Å². The largest absolute Gasteiger partial charge is 0.350 e. The third-order valence-electron chi connectivity index (χ3n) is 5.56. The smallest absolute Gasteiger partial charge is 0.243 e. The average molecular weight is 464 g/mol. The van der Waals surface area contributed by atoms with E-state index in [1.54, 1.807) is 25.1 Å². The number of carbonyl (C=O) groups excluding carboxylic acids is 1. The number of rotatable bonds is 8. The molecule has 1 amide bonds. The van der Waals surface area contributed by atoms with E-state index in [0.29, 0.717) is 17.3 Å². The molecule has 1 saturated heterocycles. The maximum absolute atomic E-state index is 12.8. The van der Waals surface area contributed by atoms with E-state index < -0.39 is 16.1 Å². The molecule has 6 nitrogen and oxygen atoms in total. The van der Waals surface area contributed by atoms with Crippen molar-refractivity contribution in [2.24, 2.45) is 0 Å². The van der Waals surface area contributed by atoms with Crippen LogP contribution in [0.15, 0.2) is 42.5 Å². The predicted molar refractivity (Wildman–Crippen MR) is 126 cm³/mol. The lowest BCUT2D eigenvalue weighted by atomic mass is 10.1.